The smallest absolute Gasteiger partial charge is 0.256 e. The van der Waals surface area contributed by atoms with Crippen molar-refractivity contribution in [3.05, 3.63) is 81.8 Å². The lowest BCUT2D eigenvalue weighted by molar-refractivity contribution is -0.113. The number of H-pyrrole nitrogens is 1. The molecule has 8 heteroatoms. The van der Waals surface area contributed by atoms with E-state index < -0.39 is 0 Å². The van der Waals surface area contributed by atoms with Gasteiger partial charge in [0.1, 0.15) is 5.75 Å². The summed E-state index contributed by atoms with van der Waals surface area (Å²) in [6.07, 6.45) is 0.718. The maximum Gasteiger partial charge on any atom is 0.256 e. The lowest BCUT2D eigenvalue weighted by Gasteiger charge is -2.27. The quantitative estimate of drug-likeness (QED) is 0.437. The number of hydrogen-bond donors (Lipinski definition) is 2. The van der Waals surface area contributed by atoms with Gasteiger partial charge in [0.05, 0.1) is 24.1 Å². The molecule has 0 radical (unpaired) electrons. The second-order valence-corrected chi connectivity index (χ2v) is 8.28. The molecule has 0 saturated heterocycles. The van der Waals surface area contributed by atoms with Crippen molar-refractivity contribution in [3.8, 4) is 5.75 Å². The number of anilines is 1. The van der Waals surface area contributed by atoms with Crippen molar-refractivity contribution in [2.75, 3.05) is 24.7 Å². The minimum Gasteiger partial charge on any atom is -0.497 e. The highest BCUT2D eigenvalue weighted by atomic mass is 32.2. The van der Waals surface area contributed by atoms with Crippen LogP contribution in [0.1, 0.15) is 16.8 Å². The summed E-state index contributed by atoms with van der Waals surface area (Å²) in [7, 11) is 1.58. The Hall–Kier alpha value is -3.10. The molecule has 3 aromatic rings. The van der Waals surface area contributed by atoms with E-state index in [1.54, 1.807) is 19.2 Å². The SMILES string of the molecule is COc1cccc(NC(=O)CSc2nc3c(c(=O)[nH]2)CN(Cc2ccccc2)CC3)c1. The van der Waals surface area contributed by atoms with Gasteiger partial charge in [-0.25, -0.2) is 4.98 Å². The summed E-state index contributed by atoms with van der Waals surface area (Å²) in [5.74, 6) is 0.652. The van der Waals surface area contributed by atoms with Gasteiger partial charge < -0.3 is 15.0 Å². The molecule has 0 saturated carbocycles. The number of nitrogens with one attached hydrogen (secondary N) is 2. The molecule has 1 aromatic heterocycles. The van der Waals surface area contributed by atoms with Crippen molar-refractivity contribution in [2.24, 2.45) is 0 Å². The van der Waals surface area contributed by atoms with Crippen LogP contribution in [-0.4, -0.2) is 40.2 Å². The van der Waals surface area contributed by atoms with E-state index in [0.717, 1.165) is 25.2 Å². The van der Waals surface area contributed by atoms with Crippen molar-refractivity contribution >= 4 is 23.4 Å². The van der Waals surface area contributed by atoms with Crippen LogP contribution in [0.4, 0.5) is 5.69 Å². The number of amides is 1. The second-order valence-electron chi connectivity index (χ2n) is 7.31. The number of carbonyl (C=O) groups is 1. The highest BCUT2D eigenvalue weighted by molar-refractivity contribution is 7.99. The molecule has 7 nitrogen and oxygen atoms in total. The van der Waals surface area contributed by atoms with Crippen LogP contribution in [0, 0.1) is 0 Å². The van der Waals surface area contributed by atoms with Gasteiger partial charge in [-0.15, -0.1) is 0 Å². The maximum atomic E-state index is 12.6. The maximum absolute atomic E-state index is 12.6. The highest BCUT2D eigenvalue weighted by Crippen LogP contribution is 2.20. The summed E-state index contributed by atoms with van der Waals surface area (Å²) in [4.78, 5) is 34.6. The number of hydrogen-bond acceptors (Lipinski definition) is 6. The zero-order valence-corrected chi connectivity index (χ0v) is 18.1. The van der Waals surface area contributed by atoms with Gasteiger partial charge in [0.2, 0.25) is 5.91 Å². The molecule has 1 aliphatic heterocycles. The van der Waals surface area contributed by atoms with Crippen LogP contribution in [0.3, 0.4) is 0 Å². The highest BCUT2D eigenvalue weighted by Gasteiger charge is 2.21. The van der Waals surface area contributed by atoms with E-state index in [-0.39, 0.29) is 17.2 Å². The minimum atomic E-state index is -0.173. The summed E-state index contributed by atoms with van der Waals surface area (Å²) >= 11 is 1.22. The summed E-state index contributed by atoms with van der Waals surface area (Å²) in [5.41, 5.74) is 3.30. The molecule has 2 heterocycles. The average molecular weight is 437 g/mol. The van der Waals surface area contributed by atoms with Gasteiger partial charge in [0.15, 0.2) is 5.16 Å². The number of rotatable bonds is 7. The summed E-state index contributed by atoms with van der Waals surface area (Å²) in [6, 6.07) is 17.4. The molecule has 0 aliphatic carbocycles. The molecule has 4 rings (SSSR count). The van der Waals surface area contributed by atoms with Crippen LogP contribution < -0.4 is 15.6 Å². The largest absolute Gasteiger partial charge is 0.497 e. The van der Waals surface area contributed by atoms with E-state index in [0.29, 0.717) is 28.7 Å². The second kappa shape index (κ2) is 9.80. The number of methoxy groups -OCH3 is 1. The normalized spacial score (nSPS) is 13.5. The molecule has 2 N–H and O–H groups in total. The van der Waals surface area contributed by atoms with Crippen molar-refractivity contribution in [1.82, 2.24) is 14.9 Å². The Morgan fingerprint density at radius 1 is 1.23 bits per heavy atom. The van der Waals surface area contributed by atoms with Crippen LogP contribution in [0.5, 0.6) is 5.75 Å². The number of aromatic amines is 1. The first-order valence-corrected chi connectivity index (χ1v) is 11.0. The van der Waals surface area contributed by atoms with E-state index >= 15 is 0 Å². The molecule has 0 spiro atoms. The summed E-state index contributed by atoms with van der Waals surface area (Å²) in [5, 5.41) is 3.30. The molecule has 31 heavy (non-hydrogen) atoms. The van der Waals surface area contributed by atoms with Gasteiger partial charge in [0, 0.05) is 37.8 Å². The van der Waals surface area contributed by atoms with Crippen molar-refractivity contribution < 1.29 is 9.53 Å². The first-order chi connectivity index (χ1) is 15.1. The molecule has 0 atom stereocenters. The predicted molar refractivity (Wildman–Crippen MR) is 121 cm³/mol. The van der Waals surface area contributed by atoms with Crippen LogP contribution >= 0.6 is 11.8 Å². The molecular formula is C23H24N4O3S. The Bertz CT molecular complexity index is 1120. The number of aromatic nitrogens is 2. The fourth-order valence-corrected chi connectivity index (χ4v) is 4.21. The number of ether oxygens (including phenoxy) is 1. The number of carbonyl (C=O) groups excluding carboxylic acids is 1. The van der Waals surface area contributed by atoms with Gasteiger partial charge in [-0.2, -0.15) is 0 Å². The Morgan fingerprint density at radius 2 is 2.06 bits per heavy atom. The Morgan fingerprint density at radius 3 is 2.87 bits per heavy atom. The van der Waals surface area contributed by atoms with E-state index in [1.807, 2.05) is 30.3 Å². The van der Waals surface area contributed by atoms with Gasteiger partial charge >= 0.3 is 0 Å². The van der Waals surface area contributed by atoms with Crippen LogP contribution in [0.2, 0.25) is 0 Å². The number of thioether (sulfide) groups is 1. The Balaban J connectivity index is 1.36. The van der Waals surface area contributed by atoms with E-state index in [1.165, 1.54) is 17.3 Å². The number of benzene rings is 2. The zero-order valence-electron chi connectivity index (χ0n) is 17.3. The molecule has 2 aromatic carbocycles. The fraction of sp³-hybridized carbons (Fsp3) is 0.261. The lowest BCUT2D eigenvalue weighted by Crippen LogP contribution is -2.35. The Labute approximate surface area is 184 Å². The minimum absolute atomic E-state index is 0.126. The molecular weight excluding hydrogens is 412 g/mol. The third kappa shape index (κ3) is 5.53. The first kappa shape index (κ1) is 21.1. The monoisotopic (exact) mass is 436 g/mol. The molecule has 0 unspecified atom stereocenters. The third-order valence-corrected chi connectivity index (χ3v) is 5.94. The van der Waals surface area contributed by atoms with Gasteiger partial charge in [-0.1, -0.05) is 48.2 Å². The fourth-order valence-electron chi connectivity index (χ4n) is 3.53. The van der Waals surface area contributed by atoms with Gasteiger partial charge in [-0.05, 0) is 17.7 Å². The molecule has 160 valence electrons. The van der Waals surface area contributed by atoms with Crippen LogP contribution in [0.15, 0.2) is 64.5 Å². The van der Waals surface area contributed by atoms with Crippen LogP contribution in [-0.2, 0) is 24.3 Å². The topological polar surface area (TPSA) is 87.3 Å². The summed E-state index contributed by atoms with van der Waals surface area (Å²) in [6.45, 7) is 2.23. The van der Waals surface area contributed by atoms with E-state index in [4.69, 9.17) is 4.74 Å². The molecule has 0 bridgehead atoms. The van der Waals surface area contributed by atoms with E-state index in [2.05, 4.69) is 32.3 Å². The zero-order chi connectivity index (χ0) is 21.6. The standard InChI is InChI=1S/C23H24N4O3S/c1-30-18-9-5-8-17(12-18)24-21(28)15-31-23-25-20-10-11-27(14-19(20)22(29)26-23)13-16-6-3-2-4-7-16/h2-9,12H,10-11,13-15H2,1H3,(H,24,28)(H,25,26,29). The van der Waals surface area contributed by atoms with E-state index in [9.17, 15) is 9.59 Å². The predicted octanol–water partition coefficient (Wildman–Crippen LogP) is 3.07. The van der Waals surface area contributed by atoms with Crippen molar-refractivity contribution in [1.29, 1.82) is 0 Å². The number of fused-ring (bicyclic) bond motifs is 1. The lowest BCUT2D eigenvalue weighted by atomic mass is 10.1. The summed E-state index contributed by atoms with van der Waals surface area (Å²) < 4.78 is 5.16. The van der Waals surface area contributed by atoms with Gasteiger partial charge in [0.25, 0.3) is 5.56 Å². The van der Waals surface area contributed by atoms with Crippen molar-refractivity contribution in [2.45, 2.75) is 24.7 Å². The molecule has 1 aliphatic rings. The molecule has 1 amide bonds. The third-order valence-electron chi connectivity index (χ3n) is 5.07. The molecule has 0 fully saturated rings. The Kier molecular flexibility index (Phi) is 6.69. The van der Waals surface area contributed by atoms with Crippen molar-refractivity contribution in [3.63, 3.8) is 0 Å². The first-order valence-electron chi connectivity index (χ1n) is 10.1. The average Bonchev–Trinajstić information content (AvgIpc) is 2.79. The van der Waals surface area contributed by atoms with Crippen LogP contribution in [0.25, 0.3) is 0 Å². The van der Waals surface area contributed by atoms with Gasteiger partial charge in [-0.3, -0.25) is 14.5 Å². The number of nitrogens with zero attached hydrogens (tertiary/aromatic N) is 2.